The van der Waals surface area contributed by atoms with Gasteiger partial charge in [0.05, 0.1) is 22.6 Å². The molecule has 5 rings (SSSR count). The molecule has 3 aromatic carbocycles. The second-order valence-electron chi connectivity index (χ2n) is 10.3. The number of carbonyl (C=O) groups is 2. The average Bonchev–Trinajstić information content (AvgIpc) is 2.98. The number of carboxylic acids is 1. The maximum Gasteiger partial charge on any atom is 0.335 e. The summed E-state index contributed by atoms with van der Waals surface area (Å²) in [4.78, 5) is 42.5. The Kier molecular flexibility index (Phi) is 8.42. The number of allylic oxidation sites excluding steroid dienone is 1. The van der Waals surface area contributed by atoms with Crippen LogP contribution in [0.1, 0.15) is 35.7 Å². The normalized spacial score (nSPS) is 18.4. The van der Waals surface area contributed by atoms with E-state index in [0.717, 1.165) is 26.2 Å². The minimum absolute atomic E-state index is 0.00322. The zero-order valence-corrected chi connectivity index (χ0v) is 22.8. The van der Waals surface area contributed by atoms with Gasteiger partial charge in [-0.3, -0.25) is 19.9 Å². The molecule has 10 nitrogen and oxygen atoms in total. The molecule has 0 aromatic heterocycles. The van der Waals surface area contributed by atoms with Crippen molar-refractivity contribution in [1.29, 1.82) is 0 Å². The van der Waals surface area contributed by atoms with Crippen LogP contribution < -0.4 is 5.32 Å². The van der Waals surface area contributed by atoms with Gasteiger partial charge in [-0.2, -0.15) is 0 Å². The van der Waals surface area contributed by atoms with Crippen molar-refractivity contribution in [2.45, 2.75) is 19.0 Å². The van der Waals surface area contributed by atoms with Crippen LogP contribution in [0.25, 0.3) is 0 Å². The van der Waals surface area contributed by atoms with Crippen molar-refractivity contribution in [2.75, 3.05) is 39.3 Å². The van der Waals surface area contributed by atoms with Gasteiger partial charge in [0.1, 0.15) is 0 Å². The van der Waals surface area contributed by atoms with E-state index in [1.807, 2.05) is 12.1 Å². The molecule has 1 saturated heterocycles. The summed E-state index contributed by atoms with van der Waals surface area (Å²) in [6, 6.07) is 25.5. The summed E-state index contributed by atoms with van der Waals surface area (Å²) >= 11 is 0. The van der Waals surface area contributed by atoms with Crippen LogP contribution in [0.2, 0.25) is 0 Å². The molecular weight excluding hydrogens is 522 g/mol. The van der Waals surface area contributed by atoms with Crippen LogP contribution in [0.5, 0.6) is 0 Å². The molecule has 10 heteroatoms. The molecule has 2 aliphatic rings. The predicted octanol–water partition coefficient (Wildman–Crippen LogP) is 4.43. The highest BCUT2D eigenvalue weighted by molar-refractivity contribution is 5.93. The Hall–Kier alpha value is -4.54. The van der Waals surface area contributed by atoms with Gasteiger partial charge in [0.2, 0.25) is 0 Å². The number of hydrogen-bond donors (Lipinski definition) is 2. The van der Waals surface area contributed by atoms with Crippen molar-refractivity contribution in [3.8, 4) is 0 Å². The first-order valence-corrected chi connectivity index (χ1v) is 13.7. The number of rotatable bonds is 9. The highest BCUT2D eigenvalue weighted by Gasteiger charge is 2.38. The number of nitro benzene ring substituents is 1. The predicted molar refractivity (Wildman–Crippen MR) is 154 cm³/mol. The molecule has 2 aliphatic heterocycles. The summed E-state index contributed by atoms with van der Waals surface area (Å²) in [5, 5.41) is 24.1. The van der Waals surface area contributed by atoms with Gasteiger partial charge >= 0.3 is 12.0 Å². The maximum absolute atomic E-state index is 13.1. The Morgan fingerprint density at radius 2 is 1.56 bits per heavy atom. The van der Waals surface area contributed by atoms with Gasteiger partial charge in [0, 0.05) is 57.1 Å². The summed E-state index contributed by atoms with van der Waals surface area (Å²) in [7, 11) is 0. The zero-order chi connectivity index (χ0) is 28.9. The molecule has 41 heavy (non-hydrogen) atoms. The Bertz CT molecular complexity index is 1400. The molecule has 1 fully saturated rings. The molecule has 212 valence electrons. The lowest BCUT2D eigenvalue weighted by Gasteiger charge is -2.42. The number of aliphatic carboxylic acids is 1. The third-order valence-corrected chi connectivity index (χ3v) is 7.83. The lowest BCUT2D eigenvalue weighted by molar-refractivity contribution is -0.384. The van der Waals surface area contributed by atoms with Crippen molar-refractivity contribution in [1.82, 2.24) is 20.0 Å². The Morgan fingerprint density at radius 1 is 0.951 bits per heavy atom. The third kappa shape index (κ3) is 6.13. The van der Waals surface area contributed by atoms with E-state index in [9.17, 15) is 24.8 Å². The Morgan fingerprint density at radius 3 is 2.12 bits per heavy atom. The number of urea groups is 1. The van der Waals surface area contributed by atoms with Gasteiger partial charge in [-0.1, -0.05) is 72.8 Å². The van der Waals surface area contributed by atoms with Gasteiger partial charge < -0.3 is 15.3 Å². The molecule has 0 bridgehead atoms. The second kappa shape index (κ2) is 12.3. The topological polar surface area (TPSA) is 119 Å². The summed E-state index contributed by atoms with van der Waals surface area (Å²) < 4.78 is 0. The van der Waals surface area contributed by atoms with Crippen LogP contribution in [-0.4, -0.2) is 76.0 Å². The van der Waals surface area contributed by atoms with E-state index in [-0.39, 0.29) is 29.5 Å². The molecule has 2 amide bonds. The number of nitrogens with zero attached hydrogens (tertiary/aromatic N) is 4. The van der Waals surface area contributed by atoms with Crippen LogP contribution in [0, 0.1) is 10.1 Å². The quantitative estimate of drug-likeness (QED) is 0.296. The summed E-state index contributed by atoms with van der Waals surface area (Å²) in [6.45, 7) is 5.58. The van der Waals surface area contributed by atoms with Crippen molar-refractivity contribution >= 4 is 17.7 Å². The summed E-state index contributed by atoms with van der Waals surface area (Å²) in [5.41, 5.74) is 2.95. The van der Waals surface area contributed by atoms with E-state index in [2.05, 4.69) is 63.6 Å². The first-order valence-electron chi connectivity index (χ1n) is 13.7. The van der Waals surface area contributed by atoms with Gasteiger partial charge in [-0.25, -0.2) is 9.59 Å². The summed E-state index contributed by atoms with van der Waals surface area (Å²) in [5.74, 6) is -1.18. The average molecular weight is 556 g/mol. The number of piperazine rings is 1. The van der Waals surface area contributed by atoms with Gasteiger partial charge in [-0.15, -0.1) is 0 Å². The molecule has 2 heterocycles. The molecule has 0 aliphatic carbocycles. The lowest BCUT2D eigenvalue weighted by atomic mass is 9.93. The highest BCUT2D eigenvalue weighted by atomic mass is 16.6. The van der Waals surface area contributed by atoms with Crippen LogP contribution in [0.3, 0.4) is 0 Å². The molecule has 2 N–H and O–H groups in total. The fourth-order valence-electron chi connectivity index (χ4n) is 5.82. The van der Waals surface area contributed by atoms with Crippen LogP contribution in [0.15, 0.2) is 96.2 Å². The van der Waals surface area contributed by atoms with Crippen molar-refractivity contribution in [3.05, 3.63) is 123 Å². The van der Waals surface area contributed by atoms with Gasteiger partial charge in [-0.05, 0) is 23.6 Å². The van der Waals surface area contributed by atoms with E-state index < -0.39 is 23.0 Å². The van der Waals surface area contributed by atoms with Crippen molar-refractivity contribution < 1.29 is 19.6 Å². The molecule has 0 saturated carbocycles. The van der Waals surface area contributed by atoms with Gasteiger partial charge in [0.25, 0.3) is 5.69 Å². The monoisotopic (exact) mass is 555 g/mol. The lowest BCUT2D eigenvalue weighted by Crippen LogP contribution is -2.53. The summed E-state index contributed by atoms with van der Waals surface area (Å²) in [6.07, 6.45) is 0. The molecule has 0 radical (unpaired) electrons. The Labute approximate surface area is 238 Å². The van der Waals surface area contributed by atoms with Crippen LogP contribution >= 0.6 is 0 Å². The molecule has 3 aromatic rings. The minimum Gasteiger partial charge on any atom is -0.478 e. The number of non-ortho nitro benzene ring substituents is 1. The number of amides is 2. The number of hydrogen-bond acceptors (Lipinski definition) is 6. The van der Waals surface area contributed by atoms with Crippen LogP contribution in [0.4, 0.5) is 10.5 Å². The first kappa shape index (κ1) is 28.0. The van der Waals surface area contributed by atoms with E-state index in [1.54, 1.807) is 6.07 Å². The van der Waals surface area contributed by atoms with E-state index in [4.69, 9.17) is 0 Å². The number of carbonyl (C=O) groups excluding carboxylic acids is 1. The molecule has 1 atom stereocenters. The second-order valence-corrected chi connectivity index (χ2v) is 10.3. The van der Waals surface area contributed by atoms with E-state index in [1.165, 1.54) is 41.1 Å². The highest BCUT2D eigenvalue weighted by Crippen LogP contribution is 2.35. The van der Waals surface area contributed by atoms with Crippen molar-refractivity contribution in [3.63, 3.8) is 0 Å². The van der Waals surface area contributed by atoms with E-state index >= 15 is 0 Å². The largest absolute Gasteiger partial charge is 0.478 e. The van der Waals surface area contributed by atoms with Gasteiger partial charge in [0.15, 0.2) is 0 Å². The smallest absolute Gasteiger partial charge is 0.335 e. The number of benzene rings is 3. The standard InChI is InChI=1S/C31H33N5O5/c1-22-27(30(37)38)29(25-13-8-14-26(21-25)36(40)41)35(31(39)32-22)20-17-33-15-18-34(19-16-33)28(23-9-4-2-5-10-23)24-11-6-3-7-12-24/h2-14,21,28-29H,15-20H2,1H3,(H,32,39)(H,37,38). The molecular formula is C31H33N5O5. The minimum atomic E-state index is -1.18. The number of carboxylic acid groups (broad SMARTS) is 1. The van der Waals surface area contributed by atoms with Crippen LogP contribution in [-0.2, 0) is 4.79 Å². The third-order valence-electron chi connectivity index (χ3n) is 7.83. The fraction of sp³-hybridized carbons (Fsp3) is 0.290. The Balaban J connectivity index is 1.31. The van der Waals surface area contributed by atoms with Crippen molar-refractivity contribution in [2.24, 2.45) is 0 Å². The first-order chi connectivity index (χ1) is 19.8. The number of nitro groups is 1. The molecule has 0 spiro atoms. The SMILES string of the molecule is CC1=C(C(=O)O)C(c2cccc([N+](=O)[O-])c2)N(CCN2CCN(C(c3ccccc3)c3ccccc3)CC2)C(=O)N1. The number of nitrogens with one attached hydrogen (secondary N) is 1. The molecule has 1 unspecified atom stereocenters. The maximum atomic E-state index is 13.1. The van der Waals surface area contributed by atoms with E-state index in [0.29, 0.717) is 12.1 Å². The fourth-order valence-corrected chi connectivity index (χ4v) is 5.82. The zero-order valence-electron chi connectivity index (χ0n) is 22.8.